The first-order chi connectivity index (χ1) is 5.90. The van der Waals surface area contributed by atoms with Crippen LogP contribution in [0.5, 0.6) is 0 Å². The average molecular weight is 165 g/mol. The second-order valence-corrected chi connectivity index (χ2v) is 4.88. The average Bonchev–Trinajstić information content (AvgIpc) is 2.74. The Morgan fingerprint density at radius 1 is 1.08 bits per heavy atom. The summed E-state index contributed by atoms with van der Waals surface area (Å²) >= 11 is 0. The number of hydrogen-bond donors (Lipinski definition) is 0. The molecule has 3 aliphatic rings. The van der Waals surface area contributed by atoms with Gasteiger partial charge in [-0.2, -0.15) is 0 Å². The maximum absolute atomic E-state index is 2.88. The Kier molecular flexibility index (Phi) is 1.52. The Labute approximate surface area is 75.1 Å². The Balaban J connectivity index is 1.80. The second-order valence-electron chi connectivity index (χ2n) is 4.88. The molecule has 1 saturated heterocycles. The minimum atomic E-state index is 0.983. The Hall–Kier alpha value is -0.0400. The minimum absolute atomic E-state index is 0.983. The molecule has 0 aromatic carbocycles. The molecule has 3 rings (SSSR count). The standard InChI is InChI=1S/C11H19N/c1-2-11-8-3-4-10(7-8)12(11)9-5-6-9/h8-11H,2-7H2,1H3/t8?,10?,11-/m0/s1. The third-order valence-electron chi connectivity index (χ3n) is 4.18. The van der Waals surface area contributed by atoms with Crippen molar-refractivity contribution in [1.29, 1.82) is 0 Å². The lowest BCUT2D eigenvalue weighted by atomic mass is 9.96. The zero-order valence-electron chi connectivity index (χ0n) is 8.00. The van der Waals surface area contributed by atoms with Crippen LogP contribution >= 0.6 is 0 Å². The van der Waals surface area contributed by atoms with E-state index in [-0.39, 0.29) is 0 Å². The molecule has 3 fully saturated rings. The second kappa shape index (κ2) is 2.47. The van der Waals surface area contributed by atoms with Crippen molar-refractivity contribution < 1.29 is 0 Å². The summed E-state index contributed by atoms with van der Waals surface area (Å²) in [6, 6.07) is 3.01. The zero-order valence-corrected chi connectivity index (χ0v) is 8.00. The molecule has 0 amide bonds. The first-order valence-corrected chi connectivity index (χ1v) is 5.67. The summed E-state index contributed by atoms with van der Waals surface area (Å²) in [5.74, 6) is 1.08. The van der Waals surface area contributed by atoms with Gasteiger partial charge in [0, 0.05) is 18.1 Å². The summed E-state index contributed by atoms with van der Waals surface area (Å²) < 4.78 is 0. The summed E-state index contributed by atoms with van der Waals surface area (Å²) in [6.45, 7) is 2.38. The molecule has 0 aromatic heterocycles. The molecular weight excluding hydrogens is 146 g/mol. The number of hydrogen-bond acceptors (Lipinski definition) is 1. The van der Waals surface area contributed by atoms with Crippen LogP contribution in [0.3, 0.4) is 0 Å². The van der Waals surface area contributed by atoms with Gasteiger partial charge >= 0.3 is 0 Å². The highest BCUT2D eigenvalue weighted by Crippen LogP contribution is 2.48. The molecule has 2 bridgehead atoms. The molecule has 0 aromatic rings. The molecule has 0 N–H and O–H groups in total. The number of nitrogens with zero attached hydrogens (tertiary/aromatic N) is 1. The highest BCUT2D eigenvalue weighted by molar-refractivity contribution is 5.04. The van der Waals surface area contributed by atoms with Gasteiger partial charge in [-0.05, 0) is 44.4 Å². The topological polar surface area (TPSA) is 3.24 Å². The fraction of sp³-hybridized carbons (Fsp3) is 1.00. The van der Waals surface area contributed by atoms with Crippen LogP contribution in [-0.4, -0.2) is 23.0 Å². The van der Waals surface area contributed by atoms with Crippen LogP contribution in [0.25, 0.3) is 0 Å². The van der Waals surface area contributed by atoms with Crippen molar-refractivity contribution in [2.45, 2.75) is 63.6 Å². The van der Waals surface area contributed by atoms with E-state index in [1.807, 2.05) is 0 Å². The zero-order chi connectivity index (χ0) is 8.13. The quantitative estimate of drug-likeness (QED) is 0.607. The van der Waals surface area contributed by atoms with E-state index >= 15 is 0 Å². The first-order valence-electron chi connectivity index (χ1n) is 5.67. The van der Waals surface area contributed by atoms with Gasteiger partial charge < -0.3 is 0 Å². The summed E-state index contributed by atoms with van der Waals surface area (Å²) in [5.41, 5.74) is 0. The minimum Gasteiger partial charge on any atom is -0.294 e. The van der Waals surface area contributed by atoms with Crippen LogP contribution in [-0.2, 0) is 0 Å². The number of fused-ring (bicyclic) bond motifs is 2. The highest BCUT2D eigenvalue weighted by Gasteiger charge is 2.49. The highest BCUT2D eigenvalue weighted by atomic mass is 15.3. The molecule has 68 valence electrons. The van der Waals surface area contributed by atoms with Crippen LogP contribution in [0.15, 0.2) is 0 Å². The predicted octanol–water partition coefficient (Wildman–Crippen LogP) is 2.41. The third kappa shape index (κ3) is 0.891. The molecule has 0 radical (unpaired) electrons. The van der Waals surface area contributed by atoms with E-state index in [0.717, 1.165) is 24.0 Å². The summed E-state index contributed by atoms with van der Waals surface area (Å²) in [5, 5.41) is 0. The van der Waals surface area contributed by atoms with E-state index in [1.54, 1.807) is 0 Å². The van der Waals surface area contributed by atoms with Crippen LogP contribution in [0, 0.1) is 5.92 Å². The lowest BCUT2D eigenvalue weighted by Crippen LogP contribution is -2.41. The number of likely N-dealkylation sites (tertiary alicyclic amines) is 1. The molecule has 1 nitrogen and oxygen atoms in total. The Morgan fingerprint density at radius 3 is 2.50 bits per heavy atom. The lowest BCUT2D eigenvalue weighted by molar-refractivity contribution is 0.126. The molecule has 2 unspecified atom stereocenters. The lowest BCUT2D eigenvalue weighted by Gasteiger charge is -2.34. The van der Waals surface area contributed by atoms with Crippen molar-refractivity contribution >= 4 is 0 Å². The maximum atomic E-state index is 2.88. The third-order valence-corrected chi connectivity index (χ3v) is 4.18. The van der Waals surface area contributed by atoms with Gasteiger partial charge in [0.15, 0.2) is 0 Å². The number of rotatable bonds is 2. The van der Waals surface area contributed by atoms with E-state index in [4.69, 9.17) is 0 Å². The SMILES string of the molecule is CC[C@H]1C2CCC(C2)N1C1CC1. The van der Waals surface area contributed by atoms with Crippen molar-refractivity contribution in [3.63, 3.8) is 0 Å². The molecular formula is C11H19N. The fourth-order valence-electron chi connectivity index (χ4n) is 3.61. The van der Waals surface area contributed by atoms with E-state index in [0.29, 0.717) is 0 Å². The molecule has 1 heterocycles. The molecule has 2 aliphatic carbocycles. The van der Waals surface area contributed by atoms with E-state index in [1.165, 1.54) is 38.5 Å². The van der Waals surface area contributed by atoms with Gasteiger partial charge in [-0.3, -0.25) is 4.90 Å². The maximum Gasteiger partial charge on any atom is 0.0127 e. The summed E-state index contributed by atoms with van der Waals surface area (Å²) in [4.78, 5) is 2.88. The van der Waals surface area contributed by atoms with Crippen molar-refractivity contribution in [1.82, 2.24) is 4.90 Å². The summed E-state index contributed by atoms with van der Waals surface area (Å²) in [7, 11) is 0. The predicted molar refractivity (Wildman–Crippen MR) is 50.1 cm³/mol. The van der Waals surface area contributed by atoms with Gasteiger partial charge in [0.2, 0.25) is 0 Å². The molecule has 2 saturated carbocycles. The van der Waals surface area contributed by atoms with Crippen LogP contribution < -0.4 is 0 Å². The van der Waals surface area contributed by atoms with E-state index in [9.17, 15) is 0 Å². The fourth-order valence-corrected chi connectivity index (χ4v) is 3.61. The van der Waals surface area contributed by atoms with Gasteiger partial charge in [0.25, 0.3) is 0 Å². The van der Waals surface area contributed by atoms with Crippen molar-refractivity contribution in [3.8, 4) is 0 Å². The van der Waals surface area contributed by atoms with Crippen molar-refractivity contribution in [2.75, 3.05) is 0 Å². The van der Waals surface area contributed by atoms with Gasteiger partial charge in [-0.15, -0.1) is 0 Å². The van der Waals surface area contributed by atoms with E-state index < -0.39 is 0 Å². The Bertz CT molecular complexity index is 185. The smallest absolute Gasteiger partial charge is 0.0127 e. The number of piperidine rings is 1. The Morgan fingerprint density at radius 2 is 1.83 bits per heavy atom. The van der Waals surface area contributed by atoms with E-state index in [2.05, 4.69) is 11.8 Å². The first kappa shape index (κ1) is 7.37. The molecule has 1 aliphatic heterocycles. The summed E-state index contributed by atoms with van der Waals surface area (Å²) in [6.07, 6.45) is 8.98. The van der Waals surface area contributed by atoms with Crippen LogP contribution in [0.4, 0.5) is 0 Å². The molecule has 3 atom stereocenters. The normalized spacial score (nSPS) is 47.2. The molecule has 0 spiro atoms. The van der Waals surface area contributed by atoms with Gasteiger partial charge in [-0.25, -0.2) is 0 Å². The van der Waals surface area contributed by atoms with Crippen molar-refractivity contribution in [3.05, 3.63) is 0 Å². The van der Waals surface area contributed by atoms with Crippen LogP contribution in [0.1, 0.15) is 45.4 Å². The molecule has 1 heteroatoms. The van der Waals surface area contributed by atoms with Crippen molar-refractivity contribution in [2.24, 2.45) is 5.92 Å². The monoisotopic (exact) mass is 165 g/mol. The largest absolute Gasteiger partial charge is 0.294 e. The van der Waals surface area contributed by atoms with Gasteiger partial charge in [0.1, 0.15) is 0 Å². The van der Waals surface area contributed by atoms with Crippen LogP contribution in [0.2, 0.25) is 0 Å². The van der Waals surface area contributed by atoms with Gasteiger partial charge in [0.05, 0.1) is 0 Å². The van der Waals surface area contributed by atoms with Gasteiger partial charge in [-0.1, -0.05) is 6.92 Å². The molecule has 12 heavy (non-hydrogen) atoms.